The first-order valence-corrected chi connectivity index (χ1v) is 7.63. The highest BCUT2D eigenvalue weighted by atomic mass is 35.5. The number of carbonyl (C=O) groups excluding carboxylic acids is 1. The largest absolute Gasteiger partial charge is 0.478 e. The number of nitrogen functional groups attached to an aromatic ring is 1. The maximum atomic E-state index is 11.9. The van der Waals surface area contributed by atoms with E-state index in [1.807, 2.05) is 12.1 Å². The molecule has 0 aromatic heterocycles. The van der Waals surface area contributed by atoms with Gasteiger partial charge in [-0.3, -0.25) is 4.79 Å². The number of benzene rings is 2. The molecule has 0 atom stereocenters. The average molecular weight is 337 g/mol. The number of carboxylic acid groups (broad SMARTS) is 1. The predicted molar refractivity (Wildman–Crippen MR) is 88.6 cm³/mol. The van der Waals surface area contributed by atoms with Crippen LogP contribution in [0.4, 0.5) is 11.4 Å². The van der Waals surface area contributed by atoms with Crippen LogP contribution in [0.15, 0.2) is 47.4 Å². The fourth-order valence-corrected chi connectivity index (χ4v) is 2.57. The van der Waals surface area contributed by atoms with Gasteiger partial charge in [0, 0.05) is 16.3 Å². The predicted octanol–water partition coefficient (Wildman–Crippen LogP) is 3.35. The molecule has 0 heterocycles. The van der Waals surface area contributed by atoms with Crippen molar-refractivity contribution >= 4 is 46.6 Å². The van der Waals surface area contributed by atoms with Crippen molar-refractivity contribution < 1.29 is 14.7 Å². The van der Waals surface area contributed by atoms with Gasteiger partial charge in [0.1, 0.15) is 0 Å². The summed E-state index contributed by atoms with van der Waals surface area (Å²) in [6.45, 7) is 0. The number of thioether (sulfide) groups is 1. The highest BCUT2D eigenvalue weighted by Gasteiger charge is 2.11. The number of rotatable bonds is 5. The van der Waals surface area contributed by atoms with Crippen molar-refractivity contribution in [1.29, 1.82) is 0 Å². The molecule has 2 rings (SSSR count). The monoisotopic (exact) mass is 336 g/mol. The van der Waals surface area contributed by atoms with Gasteiger partial charge in [0.15, 0.2) is 0 Å². The Kier molecular flexibility index (Phi) is 5.30. The molecule has 0 radical (unpaired) electrons. The first kappa shape index (κ1) is 16.2. The summed E-state index contributed by atoms with van der Waals surface area (Å²) in [6.07, 6.45) is 0. The van der Waals surface area contributed by atoms with E-state index in [2.05, 4.69) is 5.32 Å². The molecule has 0 saturated heterocycles. The van der Waals surface area contributed by atoms with Crippen molar-refractivity contribution in [2.75, 3.05) is 16.8 Å². The summed E-state index contributed by atoms with van der Waals surface area (Å²) in [5.41, 5.74) is 6.59. The van der Waals surface area contributed by atoms with E-state index in [9.17, 15) is 9.59 Å². The molecule has 0 saturated carbocycles. The fourth-order valence-electron chi connectivity index (χ4n) is 1.68. The van der Waals surface area contributed by atoms with Gasteiger partial charge in [-0.25, -0.2) is 4.79 Å². The molecule has 22 heavy (non-hydrogen) atoms. The number of carboxylic acids is 1. The van der Waals surface area contributed by atoms with Gasteiger partial charge < -0.3 is 16.2 Å². The van der Waals surface area contributed by atoms with Crippen LogP contribution >= 0.6 is 23.4 Å². The summed E-state index contributed by atoms with van der Waals surface area (Å²) < 4.78 is 0. The number of anilines is 2. The van der Waals surface area contributed by atoms with E-state index in [-0.39, 0.29) is 22.2 Å². The molecule has 2 aromatic rings. The third-order valence-corrected chi connectivity index (χ3v) is 4.07. The van der Waals surface area contributed by atoms with Gasteiger partial charge in [-0.2, -0.15) is 0 Å². The maximum absolute atomic E-state index is 11.9. The Bertz CT molecular complexity index is 704. The minimum Gasteiger partial charge on any atom is -0.478 e. The van der Waals surface area contributed by atoms with Crippen molar-refractivity contribution in [3.8, 4) is 0 Å². The summed E-state index contributed by atoms with van der Waals surface area (Å²) in [6, 6.07) is 11.5. The molecule has 7 heteroatoms. The summed E-state index contributed by atoms with van der Waals surface area (Å²) in [5.74, 6) is -1.17. The van der Waals surface area contributed by atoms with E-state index in [0.29, 0.717) is 11.4 Å². The summed E-state index contributed by atoms with van der Waals surface area (Å²) in [4.78, 5) is 23.8. The van der Waals surface area contributed by atoms with Crippen LogP contribution in [0, 0.1) is 0 Å². The number of hydrogen-bond acceptors (Lipinski definition) is 4. The van der Waals surface area contributed by atoms with E-state index in [4.69, 9.17) is 22.4 Å². The molecule has 5 nitrogen and oxygen atoms in total. The molecule has 114 valence electrons. The van der Waals surface area contributed by atoms with Gasteiger partial charge in [-0.15, -0.1) is 11.8 Å². The molecule has 0 unspecified atom stereocenters. The Morgan fingerprint density at radius 2 is 1.86 bits per heavy atom. The molecule has 0 fully saturated rings. The quantitative estimate of drug-likeness (QED) is 0.575. The lowest BCUT2D eigenvalue weighted by atomic mass is 10.2. The van der Waals surface area contributed by atoms with Crippen LogP contribution < -0.4 is 11.1 Å². The standard InChI is InChI=1S/C15H13ClN2O3S/c16-13-6-3-10(7-12(13)15(20)21)18-14(19)8-22-11-4-1-9(17)2-5-11/h1-7H,8,17H2,(H,18,19)(H,20,21). The van der Waals surface area contributed by atoms with Crippen LogP contribution in [0.3, 0.4) is 0 Å². The van der Waals surface area contributed by atoms with Crippen LogP contribution in [-0.4, -0.2) is 22.7 Å². The first-order valence-electron chi connectivity index (χ1n) is 6.27. The van der Waals surface area contributed by atoms with Crippen molar-refractivity contribution in [3.63, 3.8) is 0 Å². The number of nitrogens with two attached hydrogens (primary N) is 1. The smallest absolute Gasteiger partial charge is 0.337 e. The zero-order valence-electron chi connectivity index (χ0n) is 11.4. The van der Waals surface area contributed by atoms with Crippen molar-refractivity contribution in [1.82, 2.24) is 0 Å². The van der Waals surface area contributed by atoms with E-state index in [1.54, 1.807) is 18.2 Å². The fraction of sp³-hybridized carbons (Fsp3) is 0.0667. The van der Waals surface area contributed by atoms with Crippen LogP contribution in [0.1, 0.15) is 10.4 Å². The topological polar surface area (TPSA) is 92.4 Å². The number of halogens is 1. The number of aromatic carboxylic acids is 1. The van der Waals surface area contributed by atoms with Crippen LogP contribution in [0.5, 0.6) is 0 Å². The molecule has 0 aliphatic rings. The number of carbonyl (C=O) groups is 2. The third-order valence-electron chi connectivity index (χ3n) is 2.73. The molecule has 4 N–H and O–H groups in total. The number of amides is 1. The average Bonchev–Trinajstić information content (AvgIpc) is 2.48. The first-order chi connectivity index (χ1) is 10.5. The van der Waals surface area contributed by atoms with Crippen LogP contribution in [0.2, 0.25) is 5.02 Å². The molecule has 0 aliphatic carbocycles. The van der Waals surface area contributed by atoms with Crippen molar-refractivity contribution in [2.45, 2.75) is 4.90 Å². The normalized spacial score (nSPS) is 10.2. The number of nitrogens with one attached hydrogen (secondary N) is 1. The Morgan fingerprint density at radius 3 is 2.50 bits per heavy atom. The molecular formula is C15H13ClN2O3S. The molecule has 1 amide bonds. The van der Waals surface area contributed by atoms with Crippen LogP contribution in [0.25, 0.3) is 0 Å². The Labute approximate surface area is 136 Å². The third kappa shape index (κ3) is 4.41. The summed E-state index contributed by atoms with van der Waals surface area (Å²) in [5, 5.41) is 11.8. The second-order valence-electron chi connectivity index (χ2n) is 4.41. The zero-order valence-corrected chi connectivity index (χ0v) is 12.9. The minimum atomic E-state index is -1.14. The molecule has 0 aliphatic heterocycles. The lowest BCUT2D eigenvalue weighted by molar-refractivity contribution is -0.113. The van der Waals surface area contributed by atoms with Gasteiger partial charge in [0.05, 0.1) is 16.3 Å². The lowest BCUT2D eigenvalue weighted by Gasteiger charge is -2.07. The van der Waals surface area contributed by atoms with Gasteiger partial charge in [0.25, 0.3) is 0 Å². The Balaban J connectivity index is 1.96. The van der Waals surface area contributed by atoms with Gasteiger partial charge in [-0.05, 0) is 42.5 Å². The second-order valence-corrected chi connectivity index (χ2v) is 5.86. The highest BCUT2D eigenvalue weighted by molar-refractivity contribution is 8.00. The van der Waals surface area contributed by atoms with Crippen LogP contribution in [-0.2, 0) is 4.79 Å². The molecule has 0 bridgehead atoms. The highest BCUT2D eigenvalue weighted by Crippen LogP contribution is 2.22. The SMILES string of the molecule is Nc1ccc(SCC(=O)Nc2ccc(Cl)c(C(=O)O)c2)cc1. The molecule has 2 aromatic carbocycles. The molecular weight excluding hydrogens is 324 g/mol. The lowest BCUT2D eigenvalue weighted by Crippen LogP contribution is -2.14. The van der Waals surface area contributed by atoms with Crippen molar-refractivity contribution in [2.24, 2.45) is 0 Å². The molecule has 0 spiro atoms. The summed E-state index contributed by atoms with van der Waals surface area (Å²) >= 11 is 7.13. The van der Waals surface area contributed by atoms with Gasteiger partial charge in [0.2, 0.25) is 5.91 Å². The van der Waals surface area contributed by atoms with E-state index < -0.39 is 5.97 Å². The number of hydrogen-bond donors (Lipinski definition) is 3. The maximum Gasteiger partial charge on any atom is 0.337 e. The van der Waals surface area contributed by atoms with E-state index in [0.717, 1.165) is 4.90 Å². The van der Waals surface area contributed by atoms with E-state index in [1.165, 1.54) is 23.9 Å². The minimum absolute atomic E-state index is 0.0503. The van der Waals surface area contributed by atoms with E-state index >= 15 is 0 Å². The zero-order chi connectivity index (χ0) is 16.1. The Hall–Kier alpha value is -2.18. The van der Waals surface area contributed by atoms with Gasteiger partial charge in [-0.1, -0.05) is 11.6 Å². The summed E-state index contributed by atoms with van der Waals surface area (Å²) in [7, 11) is 0. The van der Waals surface area contributed by atoms with Crippen molar-refractivity contribution in [3.05, 3.63) is 53.1 Å². The van der Waals surface area contributed by atoms with Gasteiger partial charge >= 0.3 is 5.97 Å². The second kappa shape index (κ2) is 7.20. The Morgan fingerprint density at radius 1 is 1.18 bits per heavy atom.